The number of pyridine rings is 2. The number of hydrogen-bond acceptors (Lipinski definition) is 8. The first-order valence-electron chi connectivity index (χ1n) is 10.7. The molecule has 10 nitrogen and oxygen atoms in total. The zero-order chi connectivity index (χ0) is 26.4. The molecule has 36 heavy (non-hydrogen) atoms. The van der Waals surface area contributed by atoms with Crippen molar-refractivity contribution in [1.82, 2.24) is 9.55 Å². The summed E-state index contributed by atoms with van der Waals surface area (Å²) in [5.41, 5.74) is -1.06. The molecule has 0 radical (unpaired) electrons. The third-order valence-corrected chi connectivity index (χ3v) is 6.79. The fourth-order valence-corrected chi connectivity index (χ4v) is 4.83. The minimum absolute atomic E-state index is 0.0174. The molecular formula is C22H22F3N5O5S. The maximum atomic E-state index is 13.4. The first-order chi connectivity index (χ1) is 16.8. The van der Waals surface area contributed by atoms with Crippen LogP contribution < -0.4 is 16.2 Å². The molecular weight excluding hydrogens is 503 g/mol. The van der Waals surface area contributed by atoms with E-state index >= 15 is 0 Å². The van der Waals surface area contributed by atoms with Crippen molar-refractivity contribution in [2.45, 2.75) is 37.9 Å². The van der Waals surface area contributed by atoms with Gasteiger partial charge in [0.05, 0.1) is 11.1 Å². The number of anilines is 2. The molecule has 0 bridgehead atoms. The third kappa shape index (κ3) is 4.74. The Hall–Kier alpha value is -3.62. The average molecular weight is 526 g/mol. The van der Waals surface area contributed by atoms with E-state index in [0.29, 0.717) is 6.42 Å². The monoisotopic (exact) mass is 525 g/mol. The number of hydrogen-bond donors (Lipinski definition) is 5. The SMILES string of the molecule is CC(C)CCn1c(=O)c(C2=NS(O)(O)c3cc(NC(=O)C(F)(F)F)ccc3N2)c(O)c2cccnc21. The van der Waals surface area contributed by atoms with Crippen LogP contribution in [0.4, 0.5) is 24.5 Å². The highest BCUT2D eigenvalue weighted by Gasteiger charge is 2.39. The van der Waals surface area contributed by atoms with Gasteiger partial charge in [0, 0.05) is 18.4 Å². The van der Waals surface area contributed by atoms with Gasteiger partial charge >= 0.3 is 12.1 Å². The van der Waals surface area contributed by atoms with Gasteiger partial charge in [0.2, 0.25) is 0 Å². The Labute approximate surface area is 204 Å². The molecule has 0 unspecified atom stereocenters. The van der Waals surface area contributed by atoms with Gasteiger partial charge in [0.25, 0.3) is 5.56 Å². The van der Waals surface area contributed by atoms with Crippen molar-refractivity contribution < 1.29 is 32.2 Å². The van der Waals surface area contributed by atoms with Gasteiger partial charge in [0.1, 0.15) is 21.9 Å². The quantitative estimate of drug-likeness (QED) is 0.328. The highest BCUT2D eigenvalue weighted by atomic mass is 32.3. The van der Waals surface area contributed by atoms with E-state index < -0.39 is 34.2 Å². The fraction of sp³-hybridized carbons (Fsp3) is 0.273. The van der Waals surface area contributed by atoms with E-state index in [1.54, 1.807) is 17.4 Å². The largest absolute Gasteiger partial charge is 0.506 e. The molecule has 3 aromatic rings. The van der Waals surface area contributed by atoms with E-state index in [4.69, 9.17) is 0 Å². The van der Waals surface area contributed by atoms with E-state index in [9.17, 15) is 37.0 Å². The first kappa shape index (κ1) is 25.5. The summed E-state index contributed by atoms with van der Waals surface area (Å²) in [5.74, 6) is -2.78. The number of nitrogens with zero attached hydrogens (tertiary/aromatic N) is 3. The van der Waals surface area contributed by atoms with E-state index in [1.807, 2.05) is 13.8 Å². The summed E-state index contributed by atoms with van der Waals surface area (Å²) in [5, 5.41) is 15.6. The van der Waals surface area contributed by atoms with Crippen LogP contribution >= 0.6 is 10.8 Å². The molecule has 0 saturated carbocycles. The predicted molar refractivity (Wildman–Crippen MR) is 130 cm³/mol. The van der Waals surface area contributed by atoms with E-state index in [2.05, 4.69) is 14.7 Å². The minimum atomic E-state index is -5.14. The lowest BCUT2D eigenvalue weighted by atomic mass is 10.1. The van der Waals surface area contributed by atoms with Gasteiger partial charge in [-0.3, -0.25) is 23.3 Å². The van der Waals surface area contributed by atoms with Crippen molar-refractivity contribution in [3.8, 4) is 5.75 Å². The number of amidine groups is 1. The van der Waals surface area contributed by atoms with Crippen LogP contribution in [-0.4, -0.2) is 41.7 Å². The van der Waals surface area contributed by atoms with Gasteiger partial charge in [-0.2, -0.15) is 13.2 Å². The molecule has 14 heteroatoms. The lowest BCUT2D eigenvalue weighted by molar-refractivity contribution is -0.167. The van der Waals surface area contributed by atoms with Crippen LogP contribution in [0.1, 0.15) is 25.8 Å². The molecule has 1 amide bonds. The second kappa shape index (κ2) is 9.11. The molecule has 0 atom stereocenters. The minimum Gasteiger partial charge on any atom is -0.506 e. The molecule has 0 aliphatic carbocycles. The number of amides is 1. The second-order valence-corrected chi connectivity index (χ2v) is 10.1. The number of nitrogens with one attached hydrogen (secondary N) is 2. The summed E-state index contributed by atoms with van der Waals surface area (Å²) in [6.45, 7) is 4.23. The van der Waals surface area contributed by atoms with E-state index in [-0.39, 0.29) is 51.2 Å². The Kier molecular flexibility index (Phi) is 6.45. The molecule has 0 fully saturated rings. The maximum Gasteiger partial charge on any atom is 0.471 e. The van der Waals surface area contributed by atoms with Crippen LogP contribution in [0.15, 0.2) is 50.6 Å². The first-order valence-corrected chi connectivity index (χ1v) is 12.2. The molecule has 0 saturated heterocycles. The van der Waals surface area contributed by atoms with Crippen LogP contribution in [0.25, 0.3) is 11.0 Å². The number of fused-ring (bicyclic) bond motifs is 2. The summed E-state index contributed by atoms with van der Waals surface area (Å²) in [7, 11) is -4.04. The van der Waals surface area contributed by atoms with Crippen LogP contribution in [0.5, 0.6) is 5.75 Å². The van der Waals surface area contributed by atoms with Crippen molar-refractivity contribution in [1.29, 1.82) is 0 Å². The zero-order valence-corrected chi connectivity index (χ0v) is 19.8. The number of aromatic hydroxyl groups is 1. The molecule has 4 rings (SSSR count). The fourth-order valence-electron chi connectivity index (χ4n) is 3.64. The van der Waals surface area contributed by atoms with Gasteiger partial charge in [0.15, 0.2) is 5.84 Å². The maximum absolute atomic E-state index is 13.4. The highest BCUT2D eigenvalue weighted by Crippen LogP contribution is 2.56. The zero-order valence-electron chi connectivity index (χ0n) is 19.0. The average Bonchev–Trinajstić information content (AvgIpc) is 2.78. The molecule has 1 aliphatic heterocycles. The molecule has 3 heterocycles. The molecule has 2 aromatic heterocycles. The number of alkyl halides is 3. The predicted octanol–water partition coefficient (Wildman–Crippen LogP) is 4.55. The molecule has 5 N–H and O–H groups in total. The Morgan fingerprint density at radius 3 is 2.64 bits per heavy atom. The van der Waals surface area contributed by atoms with Crippen LogP contribution in [0.3, 0.4) is 0 Å². The number of benzene rings is 1. The van der Waals surface area contributed by atoms with Crippen LogP contribution in [0, 0.1) is 5.92 Å². The van der Waals surface area contributed by atoms with Gasteiger partial charge in [-0.25, -0.2) is 4.98 Å². The summed E-state index contributed by atoms with van der Waals surface area (Å²) in [6.07, 6.45) is -3.04. The van der Waals surface area contributed by atoms with E-state index in [0.717, 1.165) is 12.1 Å². The lowest BCUT2D eigenvalue weighted by Gasteiger charge is -2.34. The number of halogens is 3. The van der Waals surface area contributed by atoms with Gasteiger partial charge < -0.3 is 15.7 Å². The summed E-state index contributed by atoms with van der Waals surface area (Å²) in [6, 6.07) is 6.36. The van der Waals surface area contributed by atoms with Crippen molar-refractivity contribution in [3.05, 3.63) is 52.4 Å². The smallest absolute Gasteiger partial charge is 0.471 e. The molecule has 1 aromatic carbocycles. The number of carbonyl (C=O) groups is 1. The number of aromatic nitrogens is 2. The standard InChI is InChI=1S/C22H22F3N5O5S/c1-11(2)7-9-30-19-13(4-3-8-26-19)17(31)16(20(30)32)18-28-14-6-5-12(27-21(33)22(23,24)25)10-15(14)36(34,35)29-18/h3-6,8,10-11,31,34-35H,7,9H2,1-2H3,(H,27,33)(H,28,29). The normalized spacial score (nSPS) is 15.7. The Morgan fingerprint density at radius 2 is 1.97 bits per heavy atom. The number of aryl methyl sites for hydroxylation is 1. The van der Waals surface area contributed by atoms with E-state index in [1.165, 1.54) is 16.8 Å². The molecule has 0 spiro atoms. The van der Waals surface area contributed by atoms with Gasteiger partial charge in [-0.15, -0.1) is 4.40 Å². The summed E-state index contributed by atoms with van der Waals surface area (Å²) in [4.78, 5) is 28.6. The summed E-state index contributed by atoms with van der Waals surface area (Å²) >= 11 is 0. The van der Waals surface area contributed by atoms with Crippen LogP contribution in [-0.2, 0) is 11.3 Å². The Balaban J connectivity index is 1.81. The van der Waals surface area contributed by atoms with Crippen molar-refractivity contribution in [2.75, 3.05) is 10.6 Å². The summed E-state index contributed by atoms with van der Waals surface area (Å²) < 4.78 is 64.3. The Morgan fingerprint density at radius 1 is 1.25 bits per heavy atom. The number of carbonyl (C=O) groups excluding carboxylic acids is 1. The lowest BCUT2D eigenvalue weighted by Crippen LogP contribution is -2.33. The molecule has 192 valence electrons. The van der Waals surface area contributed by atoms with Crippen molar-refractivity contribution >= 4 is 44.9 Å². The third-order valence-electron chi connectivity index (χ3n) is 5.42. The second-order valence-electron chi connectivity index (χ2n) is 8.48. The highest BCUT2D eigenvalue weighted by molar-refractivity contribution is 8.23. The van der Waals surface area contributed by atoms with Crippen molar-refractivity contribution in [3.63, 3.8) is 0 Å². The van der Waals surface area contributed by atoms with Crippen LogP contribution in [0.2, 0.25) is 0 Å². The van der Waals surface area contributed by atoms with Gasteiger partial charge in [-0.1, -0.05) is 24.6 Å². The topological polar surface area (TPSA) is 149 Å². The van der Waals surface area contributed by atoms with Crippen molar-refractivity contribution in [2.24, 2.45) is 10.3 Å². The molecule has 1 aliphatic rings. The number of rotatable bonds is 5. The Bertz CT molecular complexity index is 1450. The van der Waals surface area contributed by atoms with Gasteiger partial charge in [-0.05, 0) is 42.7 Å².